The highest BCUT2D eigenvalue weighted by Crippen LogP contribution is 2.29. The molecule has 0 fully saturated rings. The average Bonchev–Trinajstić information content (AvgIpc) is 2.86. The maximum atomic E-state index is 12.6. The second kappa shape index (κ2) is 6.39. The summed E-state index contributed by atoms with van der Waals surface area (Å²) in [5.74, 6) is -0.538. The Morgan fingerprint density at radius 3 is 2.58 bits per heavy atom. The molecule has 8 heteroatoms. The first kappa shape index (κ1) is 18.4. The van der Waals surface area contributed by atoms with E-state index >= 15 is 0 Å². The van der Waals surface area contributed by atoms with Gasteiger partial charge in [0, 0.05) is 17.8 Å². The number of ether oxygens (including phenoxy) is 1. The van der Waals surface area contributed by atoms with Crippen LogP contribution in [0.4, 0.5) is 0 Å². The summed E-state index contributed by atoms with van der Waals surface area (Å²) in [4.78, 5) is 12.8. The molecular weight excluding hydrogens is 356 g/mol. The van der Waals surface area contributed by atoms with Crippen LogP contribution in [-0.4, -0.2) is 56.9 Å². The van der Waals surface area contributed by atoms with Gasteiger partial charge in [0.2, 0.25) is 0 Å². The van der Waals surface area contributed by atoms with Crippen LogP contribution in [0.1, 0.15) is 10.4 Å². The molecule has 0 amide bonds. The summed E-state index contributed by atoms with van der Waals surface area (Å²) < 4.78 is 30.2. The van der Waals surface area contributed by atoms with Gasteiger partial charge in [0.25, 0.3) is 0 Å². The van der Waals surface area contributed by atoms with Gasteiger partial charge in [-0.2, -0.15) is 0 Å². The third-order valence-corrected chi connectivity index (χ3v) is 5.22. The summed E-state index contributed by atoms with van der Waals surface area (Å²) in [6.45, 7) is 0.149. The molecule has 0 spiro atoms. The third-order valence-electron chi connectivity index (χ3n) is 4.11. The van der Waals surface area contributed by atoms with E-state index in [9.17, 15) is 18.4 Å². The predicted octanol–water partition coefficient (Wildman–Crippen LogP) is 2.23. The topological polar surface area (TPSA) is 87.9 Å². The number of carbonyl (C=O) groups is 1. The average molecular weight is 376 g/mol. The lowest BCUT2D eigenvalue weighted by atomic mass is 10.1. The first-order chi connectivity index (χ1) is 12.1. The van der Waals surface area contributed by atoms with Crippen LogP contribution >= 0.6 is 0 Å². The predicted molar refractivity (Wildman–Crippen MR) is 98.6 cm³/mol. The van der Waals surface area contributed by atoms with E-state index in [1.165, 1.54) is 20.2 Å². The molecule has 0 aliphatic heterocycles. The van der Waals surface area contributed by atoms with E-state index in [0.717, 1.165) is 6.26 Å². The molecule has 0 N–H and O–H groups in total. The fourth-order valence-corrected chi connectivity index (χ4v) is 3.43. The largest absolute Gasteiger partial charge is 0.633 e. The maximum absolute atomic E-state index is 12.6. The normalized spacial score (nSPS) is 12.6. The number of hydroxylamine groups is 3. The molecule has 26 heavy (non-hydrogen) atoms. The van der Waals surface area contributed by atoms with Crippen molar-refractivity contribution in [2.75, 3.05) is 33.5 Å². The minimum absolute atomic E-state index is 0.00240. The van der Waals surface area contributed by atoms with E-state index in [4.69, 9.17) is 4.74 Å². The minimum atomic E-state index is -3.37. The van der Waals surface area contributed by atoms with Gasteiger partial charge < -0.3 is 19.0 Å². The molecule has 0 radical (unpaired) electrons. The van der Waals surface area contributed by atoms with E-state index in [2.05, 4.69) is 0 Å². The number of sulfone groups is 1. The van der Waals surface area contributed by atoms with Gasteiger partial charge in [-0.3, -0.25) is 0 Å². The van der Waals surface area contributed by atoms with Gasteiger partial charge in [0.1, 0.15) is 13.2 Å². The fraction of sp³-hybridized carbons (Fsp3) is 0.278. The van der Waals surface area contributed by atoms with Crippen LogP contribution in [0.3, 0.4) is 0 Å². The molecule has 1 aromatic carbocycles. The van der Waals surface area contributed by atoms with Gasteiger partial charge in [-0.05, 0) is 24.3 Å². The van der Waals surface area contributed by atoms with Gasteiger partial charge in [-0.1, -0.05) is 12.1 Å². The molecule has 2 heterocycles. The van der Waals surface area contributed by atoms with Crippen LogP contribution in [0.25, 0.3) is 16.4 Å². The third kappa shape index (κ3) is 3.57. The van der Waals surface area contributed by atoms with E-state index in [-0.39, 0.29) is 18.0 Å². The highest BCUT2D eigenvalue weighted by Gasteiger charge is 2.21. The monoisotopic (exact) mass is 376 g/mol. The Balaban J connectivity index is 2.10. The number of benzene rings is 1. The molecule has 0 aliphatic carbocycles. The van der Waals surface area contributed by atoms with E-state index < -0.39 is 20.5 Å². The number of fused-ring (bicyclic) bond motifs is 3. The lowest BCUT2D eigenvalue weighted by molar-refractivity contribution is -0.840. The van der Waals surface area contributed by atoms with Gasteiger partial charge >= 0.3 is 5.97 Å². The van der Waals surface area contributed by atoms with Crippen LogP contribution < -0.4 is 0 Å². The number of rotatable bonds is 5. The maximum Gasteiger partial charge on any atom is 0.341 e. The van der Waals surface area contributed by atoms with Crippen LogP contribution in [0.2, 0.25) is 0 Å². The second-order valence-electron chi connectivity index (χ2n) is 6.72. The summed E-state index contributed by atoms with van der Waals surface area (Å²) in [7, 11) is -0.419. The minimum Gasteiger partial charge on any atom is -0.633 e. The van der Waals surface area contributed by atoms with Crippen LogP contribution in [0.15, 0.2) is 47.5 Å². The molecule has 0 aliphatic rings. The van der Waals surface area contributed by atoms with E-state index in [1.807, 2.05) is 0 Å². The Morgan fingerprint density at radius 1 is 1.19 bits per heavy atom. The number of hydrogen-bond donors (Lipinski definition) is 0. The summed E-state index contributed by atoms with van der Waals surface area (Å²) in [5, 5.41) is 12.2. The van der Waals surface area contributed by atoms with Gasteiger partial charge in [0.05, 0.1) is 35.6 Å². The second-order valence-corrected chi connectivity index (χ2v) is 8.73. The van der Waals surface area contributed by atoms with Crippen molar-refractivity contribution in [3.8, 4) is 0 Å². The van der Waals surface area contributed by atoms with Crippen LogP contribution in [0.5, 0.6) is 0 Å². The molecule has 3 rings (SSSR count). The Labute approximate surface area is 151 Å². The Bertz CT molecular complexity index is 1090. The number of likely N-dealkylation sites (N-methyl/N-ethyl adjacent to an activating group) is 1. The SMILES string of the molecule is C[N+](C)([O-])CCOC(=O)c1c2ccc(S(C)(=O)=O)cc2n2ccccc12. The first-order valence-electron chi connectivity index (χ1n) is 8.02. The van der Waals surface area contributed by atoms with Gasteiger partial charge in [-0.15, -0.1) is 0 Å². The Hall–Kier alpha value is -2.42. The number of hydrogen-bond acceptors (Lipinski definition) is 5. The number of esters is 1. The molecular formula is C18H20N2O5S. The van der Waals surface area contributed by atoms with Crippen molar-refractivity contribution < 1.29 is 22.6 Å². The number of carbonyl (C=O) groups excluding carboxylic acids is 1. The molecule has 3 aromatic rings. The van der Waals surface area contributed by atoms with Crippen molar-refractivity contribution in [3.05, 3.63) is 53.4 Å². The quantitative estimate of drug-likeness (QED) is 0.387. The zero-order valence-corrected chi connectivity index (χ0v) is 15.6. The molecule has 7 nitrogen and oxygen atoms in total. The van der Waals surface area contributed by atoms with Crippen LogP contribution in [0, 0.1) is 5.21 Å². The molecule has 2 aromatic heterocycles. The van der Waals surface area contributed by atoms with Gasteiger partial charge in [-0.25, -0.2) is 13.2 Å². The summed E-state index contributed by atoms with van der Waals surface area (Å²) in [6.07, 6.45) is 2.90. The summed E-state index contributed by atoms with van der Waals surface area (Å²) >= 11 is 0. The summed E-state index contributed by atoms with van der Waals surface area (Å²) in [5.41, 5.74) is 1.58. The van der Waals surface area contributed by atoms with Crippen LogP contribution in [-0.2, 0) is 14.6 Å². The summed E-state index contributed by atoms with van der Waals surface area (Å²) in [6, 6.07) is 10.00. The fourth-order valence-electron chi connectivity index (χ4n) is 2.79. The van der Waals surface area contributed by atoms with Crippen molar-refractivity contribution in [2.45, 2.75) is 4.90 Å². The molecule has 0 saturated heterocycles. The molecule has 0 bridgehead atoms. The molecule has 0 saturated carbocycles. The van der Waals surface area contributed by atoms with Crippen molar-refractivity contribution in [3.63, 3.8) is 0 Å². The number of pyridine rings is 1. The number of quaternary nitrogens is 1. The highest BCUT2D eigenvalue weighted by molar-refractivity contribution is 7.90. The molecule has 0 unspecified atom stereocenters. The van der Waals surface area contributed by atoms with Gasteiger partial charge in [0.15, 0.2) is 9.84 Å². The van der Waals surface area contributed by atoms with E-state index in [1.54, 1.807) is 40.9 Å². The smallest absolute Gasteiger partial charge is 0.341 e. The van der Waals surface area contributed by atoms with Crippen molar-refractivity contribution in [2.24, 2.45) is 0 Å². The first-order valence-corrected chi connectivity index (χ1v) is 9.91. The Morgan fingerprint density at radius 2 is 1.92 bits per heavy atom. The molecule has 0 atom stereocenters. The zero-order valence-electron chi connectivity index (χ0n) is 14.8. The standard InChI is InChI=1S/C18H20N2O5S/c1-20(2,22)10-11-25-18(21)17-14-8-7-13(26(3,23)24)12-16(14)19-9-5-4-6-15(17)19/h4-9,12H,10-11H2,1-3H3. The van der Waals surface area contributed by atoms with E-state index in [0.29, 0.717) is 22.0 Å². The van der Waals surface area contributed by atoms with Crippen molar-refractivity contribution in [1.29, 1.82) is 0 Å². The highest BCUT2D eigenvalue weighted by atomic mass is 32.2. The zero-order chi connectivity index (χ0) is 19.1. The van der Waals surface area contributed by atoms with Crippen molar-refractivity contribution in [1.82, 2.24) is 4.40 Å². The lowest BCUT2D eigenvalue weighted by Crippen LogP contribution is -2.36. The van der Waals surface area contributed by atoms with Crippen molar-refractivity contribution >= 4 is 32.2 Å². The molecule has 138 valence electrons. The number of nitrogens with zero attached hydrogens (tertiary/aromatic N) is 2. The Kier molecular flexibility index (Phi) is 4.51. The lowest BCUT2D eigenvalue weighted by Gasteiger charge is -2.33. The number of aromatic nitrogens is 1.